The molecule has 2 aromatic heterocycles. The van der Waals surface area contributed by atoms with Crippen LogP contribution in [-0.2, 0) is 11.3 Å². The van der Waals surface area contributed by atoms with Crippen LogP contribution in [0.15, 0.2) is 75.4 Å². The van der Waals surface area contributed by atoms with Gasteiger partial charge in [0.2, 0.25) is 0 Å². The molecule has 0 saturated carbocycles. The number of methoxy groups -OCH3 is 1. The lowest BCUT2D eigenvalue weighted by atomic mass is 10.1. The molecular weight excluding hydrogens is 410 g/mol. The molecule has 0 spiro atoms. The lowest BCUT2D eigenvalue weighted by Gasteiger charge is -2.11. The molecule has 1 N–H and O–H groups in total. The summed E-state index contributed by atoms with van der Waals surface area (Å²) < 4.78 is 6.89. The average molecular weight is 432 g/mol. The molecule has 0 bridgehead atoms. The quantitative estimate of drug-likeness (QED) is 0.459. The summed E-state index contributed by atoms with van der Waals surface area (Å²) in [6.45, 7) is 5.88. The highest BCUT2D eigenvalue weighted by atomic mass is 32.1. The van der Waals surface area contributed by atoms with Crippen molar-refractivity contribution in [3.63, 3.8) is 0 Å². The summed E-state index contributed by atoms with van der Waals surface area (Å²) in [5.74, 6) is 0. The van der Waals surface area contributed by atoms with E-state index in [1.807, 2.05) is 61.5 Å². The topological polar surface area (TPSA) is 76.4 Å². The fraction of sp³-hybridized carbons (Fsp3) is 0.125. The lowest BCUT2D eigenvalue weighted by Crippen LogP contribution is -2.34. The maximum absolute atomic E-state index is 13.4. The van der Waals surface area contributed by atoms with Crippen molar-refractivity contribution in [3.05, 3.63) is 98.3 Å². The highest BCUT2D eigenvalue weighted by Crippen LogP contribution is 2.33. The molecule has 0 fully saturated rings. The van der Waals surface area contributed by atoms with E-state index in [9.17, 15) is 9.59 Å². The zero-order chi connectivity index (χ0) is 22.0. The molecule has 4 rings (SSSR count). The van der Waals surface area contributed by atoms with Crippen LogP contribution in [0.25, 0.3) is 26.4 Å². The van der Waals surface area contributed by atoms with Gasteiger partial charge in [0.25, 0.3) is 5.56 Å². The largest absolute Gasteiger partial charge is 0.380 e. The van der Waals surface area contributed by atoms with Crippen molar-refractivity contribution in [3.8, 4) is 10.4 Å². The lowest BCUT2D eigenvalue weighted by molar-refractivity contribution is 0.185. The Kier molecular flexibility index (Phi) is 5.79. The molecule has 0 atom stereocenters. The number of nitrogens with zero attached hydrogens (tertiary/aromatic N) is 2. The van der Waals surface area contributed by atoms with Crippen LogP contribution in [0.2, 0.25) is 0 Å². The predicted molar refractivity (Wildman–Crippen MR) is 127 cm³/mol. The van der Waals surface area contributed by atoms with Crippen molar-refractivity contribution in [1.29, 1.82) is 0 Å². The molecule has 0 unspecified atom stereocenters. The number of aromatic amines is 1. The van der Waals surface area contributed by atoms with E-state index in [-0.39, 0.29) is 0 Å². The Hall–Kier alpha value is -3.55. The average Bonchev–Trinajstić information content (AvgIpc) is 3.18. The number of fused-ring (bicyclic) bond motifs is 1. The molecule has 2 aromatic carbocycles. The maximum atomic E-state index is 13.4. The van der Waals surface area contributed by atoms with Gasteiger partial charge in [0.05, 0.1) is 24.0 Å². The van der Waals surface area contributed by atoms with Gasteiger partial charge in [-0.3, -0.25) is 9.79 Å². The van der Waals surface area contributed by atoms with Gasteiger partial charge in [-0.15, -0.1) is 11.3 Å². The Morgan fingerprint density at radius 1 is 1.19 bits per heavy atom. The van der Waals surface area contributed by atoms with Crippen molar-refractivity contribution in [2.45, 2.75) is 13.5 Å². The van der Waals surface area contributed by atoms with E-state index in [1.165, 1.54) is 17.5 Å². The molecule has 4 aromatic rings. The third-order valence-corrected chi connectivity index (χ3v) is 6.19. The van der Waals surface area contributed by atoms with Gasteiger partial charge in [-0.05, 0) is 36.4 Å². The number of aromatic nitrogens is 2. The normalized spacial score (nSPS) is 11.7. The second-order valence-electron chi connectivity index (χ2n) is 7.03. The minimum atomic E-state index is -0.523. The Balaban J connectivity index is 1.95. The monoisotopic (exact) mass is 431 g/mol. The number of benzene rings is 2. The molecule has 0 aliphatic heterocycles. The van der Waals surface area contributed by atoms with E-state index < -0.39 is 11.2 Å². The van der Waals surface area contributed by atoms with Crippen molar-refractivity contribution in [1.82, 2.24) is 9.55 Å². The second-order valence-corrected chi connectivity index (χ2v) is 8.08. The fourth-order valence-corrected chi connectivity index (χ4v) is 4.70. The Morgan fingerprint density at radius 2 is 1.94 bits per heavy atom. The van der Waals surface area contributed by atoms with Crippen LogP contribution in [0, 0.1) is 6.92 Å². The minimum Gasteiger partial charge on any atom is -0.380 e. The Labute approximate surface area is 182 Å². The summed E-state index contributed by atoms with van der Waals surface area (Å²) in [4.78, 5) is 34.0. The van der Waals surface area contributed by atoms with Gasteiger partial charge in [-0.25, -0.2) is 9.36 Å². The molecule has 0 saturated heterocycles. The molecule has 7 heteroatoms. The first-order chi connectivity index (χ1) is 15.0. The van der Waals surface area contributed by atoms with Crippen molar-refractivity contribution >= 4 is 34.0 Å². The number of aryl methyl sites for hydroxylation is 1. The zero-order valence-electron chi connectivity index (χ0n) is 17.2. The summed E-state index contributed by atoms with van der Waals surface area (Å²) in [7, 11) is 1.64. The van der Waals surface area contributed by atoms with Crippen LogP contribution in [-0.4, -0.2) is 23.4 Å². The molecule has 0 aliphatic rings. The first-order valence-corrected chi connectivity index (χ1v) is 10.4. The first kappa shape index (κ1) is 20.7. The van der Waals surface area contributed by atoms with Crippen molar-refractivity contribution in [2.75, 3.05) is 7.11 Å². The standard InChI is InChI=1S/C24H21N3O3S/c1-15-8-4-6-10-17(15)20(13-25-2)27-23(28)22-19(26-24(27)29)12-21(31-22)18-11-7-5-9-16(18)14-30-3/h4-13H,2,14H2,1,3H3,(H,26,29)/b20-13+. The number of hydrogen-bond acceptors (Lipinski definition) is 5. The van der Waals surface area contributed by atoms with E-state index in [4.69, 9.17) is 4.74 Å². The van der Waals surface area contributed by atoms with Gasteiger partial charge < -0.3 is 9.72 Å². The minimum absolute atomic E-state index is 0.385. The molecule has 31 heavy (non-hydrogen) atoms. The van der Waals surface area contributed by atoms with Gasteiger partial charge in [0, 0.05) is 17.6 Å². The summed E-state index contributed by atoms with van der Waals surface area (Å²) in [6, 6.07) is 17.2. The molecular formula is C24H21N3O3S. The van der Waals surface area contributed by atoms with E-state index in [0.29, 0.717) is 22.5 Å². The maximum Gasteiger partial charge on any atom is 0.333 e. The molecule has 2 heterocycles. The van der Waals surface area contributed by atoms with Gasteiger partial charge >= 0.3 is 5.69 Å². The Morgan fingerprint density at radius 3 is 2.68 bits per heavy atom. The van der Waals surface area contributed by atoms with Gasteiger partial charge in [-0.2, -0.15) is 0 Å². The smallest absolute Gasteiger partial charge is 0.333 e. The van der Waals surface area contributed by atoms with Crippen molar-refractivity contribution in [2.24, 2.45) is 4.99 Å². The first-order valence-electron chi connectivity index (χ1n) is 9.63. The van der Waals surface area contributed by atoms with E-state index in [1.54, 1.807) is 7.11 Å². The number of aliphatic imine (C=N–C) groups is 1. The number of nitrogens with one attached hydrogen (secondary N) is 1. The number of H-pyrrole nitrogens is 1. The Bertz CT molecular complexity index is 1430. The van der Waals surface area contributed by atoms with E-state index in [2.05, 4.69) is 16.7 Å². The van der Waals surface area contributed by atoms with Crippen molar-refractivity contribution < 1.29 is 4.74 Å². The number of rotatable bonds is 6. The number of hydrogen-bond donors (Lipinski definition) is 1. The molecule has 0 aliphatic carbocycles. The van der Waals surface area contributed by atoms with Crippen LogP contribution in [0.5, 0.6) is 0 Å². The predicted octanol–water partition coefficient (Wildman–Crippen LogP) is 4.42. The molecule has 0 radical (unpaired) electrons. The van der Waals surface area contributed by atoms with Gasteiger partial charge in [-0.1, -0.05) is 48.5 Å². The summed E-state index contributed by atoms with van der Waals surface area (Å²) in [5.41, 5.74) is 3.62. The van der Waals surface area contributed by atoms with Gasteiger partial charge in [0.15, 0.2) is 0 Å². The van der Waals surface area contributed by atoms with Crippen LogP contribution in [0.3, 0.4) is 0 Å². The van der Waals surface area contributed by atoms with Crippen LogP contribution in [0.4, 0.5) is 0 Å². The van der Waals surface area contributed by atoms with Crippen LogP contribution < -0.4 is 11.2 Å². The second kappa shape index (κ2) is 8.67. The highest BCUT2D eigenvalue weighted by molar-refractivity contribution is 7.22. The number of thiophene rings is 1. The van der Waals surface area contributed by atoms with E-state index in [0.717, 1.165) is 31.7 Å². The zero-order valence-corrected chi connectivity index (χ0v) is 18.0. The van der Waals surface area contributed by atoms with E-state index >= 15 is 0 Å². The summed E-state index contributed by atoms with van der Waals surface area (Å²) >= 11 is 1.34. The van der Waals surface area contributed by atoms with Crippen LogP contribution >= 0.6 is 11.3 Å². The third-order valence-electron chi connectivity index (χ3n) is 5.03. The molecule has 0 amide bonds. The summed E-state index contributed by atoms with van der Waals surface area (Å²) in [5, 5.41) is 0. The third kappa shape index (κ3) is 3.81. The summed E-state index contributed by atoms with van der Waals surface area (Å²) in [6.07, 6.45) is 1.44. The highest BCUT2D eigenvalue weighted by Gasteiger charge is 2.18. The SMILES string of the molecule is C=N/C=C(\c1ccccc1C)n1c(=O)[nH]c2cc(-c3ccccc3COC)sc2c1=O. The van der Waals surface area contributed by atoms with Gasteiger partial charge in [0.1, 0.15) is 4.70 Å². The number of ether oxygens (including phenoxy) is 1. The molecule has 156 valence electrons. The van der Waals surface area contributed by atoms with Crippen LogP contribution in [0.1, 0.15) is 16.7 Å². The molecule has 6 nitrogen and oxygen atoms in total. The fourth-order valence-electron chi connectivity index (χ4n) is 3.60.